The molecule has 110 valence electrons. The summed E-state index contributed by atoms with van der Waals surface area (Å²) in [6.45, 7) is 4.83. The highest BCUT2D eigenvalue weighted by atomic mass is 79.9. The minimum absolute atomic E-state index is 0.0577. The standard InChI is InChI=1S/C14H21BrN4O/c1-3-5-16-13-12(7-10(15)8-17-13)14(20)18-11-4-6-19(2)9-11/h7-8,11H,3-6,9H2,1-2H3,(H,16,17)(H,18,20). The molecular weight excluding hydrogens is 320 g/mol. The van der Waals surface area contributed by atoms with Crippen LogP contribution in [0.2, 0.25) is 0 Å². The van der Waals surface area contributed by atoms with Gasteiger partial charge >= 0.3 is 0 Å². The lowest BCUT2D eigenvalue weighted by atomic mass is 10.2. The monoisotopic (exact) mass is 340 g/mol. The minimum Gasteiger partial charge on any atom is -0.369 e. The maximum atomic E-state index is 12.4. The molecular formula is C14H21BrN4O. The maximum absolute atomic E-state index is 12.4. The van der Waals surface area contributed by atoms with Gasteiger partial charge in [0.2, 0.25) is 0 Å². The first kappa shape index (κ1) is 15.3. The van der Waals surface area contributed by atoms with E-state index in [0.717, 1.165) is 36.9 Å². The molecule has 0 bridgehead atoms. The van der Waals surface area contributed by atoms with Crippen LogP contribution in [0.15, 0.2) is 16.7 Å². The van der Waals surface area contributed by atoms with Gasteiger partial charge in [0.15, 0.2) is 0 Å². The van der Waals surface area contributed by atoms with Gasteiger partial charge in [-0.05, 0) is 48.4 Å². The highest BCUT2D eigenvalue weighted by Crippen LogP contribution is 2.19. The van der Waals surface area contributed by atoms with E-state index in [9.17, 15) is 4.79 Å². The Morgan fingerprint density at radius 1 is 1.60 bits per heavy atom. The molecule has 1 aliphatic heterocycles. The number of rotatable bonds is 5. The van der Waals surface area contributed by atoms with Gasteiger partial charge in [-0.15, -0.1) is 0 Å². The summed E-state index contributed by atoms with van der Waals surface area (Å²) in [7, 11) is 2.07. The number of nitrogens with zero attached hydrogens (tertiary/aromatic N) is 2. The fourth-order valence-electron chi connectivity index (χ4n) is 2.31. The number of amides is 1. The van der Waals surface area contributed by atoms with Gasteiger partial charge in [0.25, 0.3) is 5.91 Å². The van der Waals surface area contributed by atoms with Crippen molar-refractivity contribution < 1.29 is 4.79 Å². The number of likely N-dealkylation sites (tertiary alicyclic amines) is 1. The summed E-state index contributed by atoms with van der Waals surface area (Å²) in [5, 5.41) is 6.29. The van der Waals surface area contributed by atoms with Gasteiger partial charge in [0.1, 0.15) is 5.82 Å². The molecule has 1 aromatic heterocycles. The van der Waals surface area contributed by atoms with E-state index in [1.165, 1.54) is 0 Å². The summed E-state index contributed by atoms with van der Waals surface area (Å²) in [5.74, 6) is 0.594. The molecule has 1 aromatic rings. The van der Waals surface area contributed by atoms with Crippen LogP contribution < -0.4 is 10.6 Å². The Morgan fingerprint density at radius 2 is 2.40 bits per heavy atom. The van der Waals surface area contributed by atoms with Crippen molar-refractivity contribution in [1.29, 1.82) is 0 Å². The van der Waals surface area contributed by atoms with Crippen molar-refractivity contribution in [2.75, 3.05) is 32.0 Å². The van der Waals surface area contributed by atoms with E-state index in [2.05, 4.69) is 50.4 Å². The number of pyridine rings is 1. The van der Waals surface area contributed by atoms with Crippen molar-refractivity contribution in [2.45, 2.75) is 25.8 Å². The van der Waals surface area contributed by atoms with Crippen molar-refractivity contribution >= 4 is 27.7 Å². The molecule has 1 saturated heterocycles. The number of nitrogens with one attached hydrogen (secondary N) is 2. The van der Waals surface area contributed by atoms with Crippen LogP contribution >= 0.6 is 15.9 Å². The quantitative estimate of drug-likeness (QED) is 0.861. The van der Waals surface area contributed by atoms with Crippen molar-refractivity contribution in [3.63, 3.8) is 0 Å². The molecule has 0 saturated carbocycles. The van der Waals surface area contributed by atoms with Crippen LogP contribution in [0.4, 0.5) is 5.82 Å². The van der Waals surface area contributed by atoms with Crippen LogP contribution in [0.5, 0.6) is 0 Å². The van der Waals surface area contributed by atoms with E-state index in [0.29, 0.717) is 11.4 Å². The van der Waals surface area contributed by atoms with Gasteiger partial charge in [-0.2, -0.15) is 0 Å². The number of aromatic nitrogens is 1. The molecule has 2 heterocycles. The maximum Gasteiger partial charge on any atom is 0.255 e. The summed E-state index contributed by atoms with van der Waals surface area (Å²) >= 11 is 3.38. The molecule has 2 N–H and O–H groups in total. The largest absolute Gasteiger partial charge is 0.369 e. The van der Waals surface area contributed by atoms with Crippen LogP contribution in [-0.4, -0.2) is 48.5 Å². The SMILES string of the molecule is CCCNc1ncc(Br)cc1C(=O)NC1CCN(C)C1. The molecule has 1 amide bonds. The molecule has 0 aromatic carbocycles. The van der Waals surface area contributed by atoms with Crippen molar-refractivity contribution in [2.24, 2.45) is 0 Å². The van der Waals surface area contributed by atoms with Gasteiger partial charge in [-0.25, -0.2) is 4.98 Å². The van der Waals surface area contributed by atoms with E-state index in [1.807, 2.05) is 6.07 Å². The number of likely N-dealkylation sites (N-methyl/N-ethyl adjacent to an activating group) is 1. The average molecular weight is 341 g/mol. The minimum atomic E-state index is -0.0577. The molecule has 1 fully saturated rings. The first-order valence-corrected chi connectivity index (χ1v) is 7.78. The van der Waals surface area contributed by atoms with Crippen molar-refractivity contribution in [3.8, 4) is 0 Å². The van der Waals surface area contributed by atoms with Crippen LogP contribution in [0.3, 0.4) is 0 Å². The highest BCUT2D eigenvalue weighted by Gasteiger charge is 2.23. The second-order valence-corrected chi connectivity index (χ2v) is 6.11. The van der Waals surface area contributed by atoms with Gasteiger partial charge in [-0.1, -0.05) is 6.92 Å². The lowest BCUT2D eigenvalue weighted by Crippen LogP contribution is -2.37. The zero-order valence-electron chi connectivity index (χ0n) is 11.9. The van der Waals surface area contributed by atoms with Gasteiger partial charge in [0.05, 0.1) is 5.56 Å². The van der Waals surface area contributed by atoms with Crippen molar-refractivity contribution in [1.82, 2.24) is 15.2 Å². The van der Waals surface area contributed by atoms with Crippen LogP contribution in [0.1, 0.15) is 30.1 Å². The number of carbonyl (C=O) groups excluding carboxylic acids is 1. The molecule has 1 unspecified atom stereocenters. The first-order chi connectivity index (χ1) is 9.60. The van der Waals surface area contributed by atoms with Crippen LogP contribution in [-0.2, 0) is 0 Å². The second kappa shape index (κ2) is 7.04. The number of anilines is 1. The Balaban J connectivity index is 2.09. The highest BCUT2D eigenvalue weighted by molar-refractivity contribution is 9.10. The molecule has 1 atom stereocenters. The predicted octanol–water partition coefficient (Wildman–Crippen LogP) is 2.10. The predicted molar refractivity (Wildman–Crippen MR) is 84.1 cm³/mol. The zero-order chi connectivity index (χ0) is 14.5. The summed E-state index contributed by atoms with van der Waals surface area (Å²) in [4.78, 5) is 18.9. The van der Waals surface area contributed by atoms with Gasteiger partial charge < -0.3 is 15.5 Å². The molecule has 0 aliphatic carbocycles. The summed E-state index contributed by atoms with van der Waals surface area (Å²) < 4.78 is 0.813. The summed E-state index contributed by atoms with van der Waals surface area (Å²) in [5.41, 5.74) is 0.599. The fraction of sp³-hybridized carbons (Fsp3) is 0.571. The number of hydrogen-bond donors (Lipinski definition) is 2. The molecule has 0 radical (unpaired) electrons. The van der Waals surface area contributed by atoms with Crippen LogP contribution in [0.25, 0.3) is 0 Å². The Bertz CT molecular complexity index is 480. The average Bonchev–Trinajstić information content (AvgIpc) is 2.82. The zero-order valence-corrected chi connectivity index (χ0v) is 13.5. The normalized spacial score (nSPS) is 19.1. The van der Waals surface area contributed by atoms with Gasteiger partial charge in [-0.3, -0.25) is 4.79 Å². The summed E-state index contributed by atoms with van der Waals surface area (Å²) in [6.07, 6.45) is 3.70. The number of halogens is 1. The van der Waals surface area contributed by atoms with E-state index in [1.54, 1.807) is 6.20 Å². The fourth-order valence-corrected chi connectivity index (χ4v) is 2.64. The Kier molecular flexibility index (Phi) is 5.37. The molecule has 6 heteroatoms. The molecule has 0 spiro atoms. The smallest absolute Gasteiger partial charge is 0.255 e. The Labute approximate surface area is 128 Å². The Morgan fingerprint density at radius 3 is 3.05 bits per heavy atom. The lowest BCUT2D eigenvalue weighted by Gasteiger charge is -2.15. The van der Waals surface area contributed by atoms with E-state index in [4.69, 9.17) is 0 Å². The van der Waals surface area contributed by atoms with E-state index < -0.39 is 0 Å². The van der Waals surface area contributed by atoms with E-state index >= 15 is 0 Å². The third-order valence-corrected chi connectivity index (χ3v) is 3.80. The third kappa shape index (κ3) is 3.93. The van der Waals surface area contributed by atoms with Crippen molar-refractivity contribution in [3.05, 3.63) is 22.3 Å². The molecule has 1 aliphatic rings. The lowest BCUT2D eigenvalue weighted by molar-refractivity contribution is 0.0939. The van der Waals surface area contributed by atoms with Gasteiger partial charge in [0, 0.05) is 29.8 Å². The molecule has 20 heavy (non-hydrogen) atoms. The third-order valence-electron chi connectivity index (χ3n) is 3.37. The topological polar surface area (TPSA) is 57.3 Å². The number of carbonyl (C=O) groups is 1. The Hall–Kier alpha value is -1.14. The van der Waals surface area contributed by atoms with Crippen LogP contribution in [0, 0.1) is 0 Å². The number of hydrogen-bond acceptors (Lipinski definition) is 4. The van der Waals surface area contributed by atoms with E-state index in [-0.39, 0.29) is 11.9 Å². The summed E-state index contributed by atoms with van der Waals surface area (Å²) in [6, 6.07) is 2.05. The first-order valence-electron chi connectivity index (χ1n) is 6.99. The molecule has 5 nitrogen and oxygen atoms in total. The molecule has 2 rings (SSSR count). The second-order valence-electron chi connectivity index (χ2n) is 5.20.